The van der Waals surface area contributed by atoms with E-state index in [2.05, 4.69) is 5.32 Å². The van der Waals surface area contributed by atoms with Crippen molar-refractivity contribution in [2.45, 2.75) is 109 Å². The van der Waals surface area contributed by atoms with Gasteiger partial charge in [0.1, 0.15) is 36.0 Å². The van der Waals surface area contributed by atoms with Gasteiger partial charge in [-0.05, 0) is 62.0 Å². The van der Waals surface area contributed by atoms with E-state index in [4.69, 9.17) is 24.2 Å². The van der Waals surface area contributed by atoms with Gasteiger partial charge in [0.2, 0.25) is 11.8 Å². The van der Waals surface area contributed by atoms with E-state index in [1.807, 2.05) is 27.7 Å². The lowest BCUT2D eigenvalue weighted by molar-refractivity contribution is -0.139. The molecule has 250 valence electrons. The number of ether oxygens (including phenoxy) is 3. The molecule has 2 unspecified atom stereocenters. The maximum Gasteiger partial charge on any atom is 0.408 e. The number of methoxy groups -OCH3 is 1. The number of hydrogen-bond acceptors (Lipinski definition) is 8. The third-order valence-corrected chi connectivity index (χ3v) is 10.5. The Morgan fingerprint density at radius 3 is 2.48 bits per heavy atom. The van der Waals surface area contributed by atoms with Gasteiger partial charge < -0.3 is 29.2 Å². The highest BCUT2D eigenvalue weighted by Gasteiger charge is 2.70. The number of halogens is 2. The van der Waals surface area contributed by atoms with Crippen LogP contribution < -0.4 is 14.8 Å². The SMILES string of the molecule is CC[C@@H]1[C@@H]2CN(C(=O)[C@H](C(C)(C)C)NC(=O)O[C@@H]3CCC[C@H]3CCCC3C(c4nc5ccc(OC)cc5nc4O2)C3(F)F)[C@@H]1C=O. The topological polar surface area (TPSA) is 120 Å². The van der Waals surface area contributed by atoms with E-state index in [1.54, 1.807) is 18.2 Å². The second kappa shape index (κ2) is 12.2. The maximum absolute atomic E-state index is 15.6. The maximum atomic E-state index is 15.6. The monoisotopic (exact) mass is 642 g/mol. The van der Waals surface area contributed by atoms with Gasteiger partial charge in [-0.15, -0.1) is 0 Å². The summed E-state index contributed by atoms with van der Waals surface area (Å²) in [6, 6.07) is 3.25. The number of hydrogen-bond donors (Lipinski definition) is 1. The number of carbonyl (C=O) groups is 3. The number of aldehydes is 1. The molecule has 3 heterocycles. The van der Waals surface area contributed by atoms with Crippen LogP contribution in [0.2, 0.25) is 0 Å². The molecule has 8 atom stereocenters. The second-order valence-electron chi connectivity index (χ2n) is 14.4. The molecule has 4 aliphatic rings. The van der Waals surface area contributed by atoms with E-state index in [1.165, 1.54) is 12.0 Å². The van der Waals surface area contributed by atoms with Crippen LogP contribution in [-0.4, -0.2) is 77.0 Å². The number of nitrogens with zero attached hydrogens (tertiary/aromatic N) is 3. The lowest BCUT2D eigenvalue weighted by atomic mass is 9.85. The Morgan fingerprint density at radius 1 is 1.07 bits per heavy atom. The van der Waals surface area contributed by atoms with Crippen LogP contribution in [0.15, 0.2) is 18.2 Å². The van der Waals surface area contributed by atoms with Crippen LogP contribution in [0.4, 0.5) is 13.6 Å². The van der Waals surface area contributed by atoms with E-state index < -0.39 is 59.3 Å². The van der Waals surface area contributed by atoms with Crippen LogP contribution >= 0.6 is 0 Å². The number of nitrogens with one attached hydrogen (secondary N) is 1. The summed E-state index contributed by atoms with van der Waals surface area (Å²) in [6.07, 6.45) is 3.34. The molecule has 0 spiro atoms. The van der Waals surface area contributed by atoms with Crippen molar-refractivity contribution in [2.24, 2.45) is 23.2 Å². The van der Waals surface area contributed by atoms with Gasteiger partial charge in [-0.25, -0.2) is 23.5 Å². The van der Waals surface area contributed by atoms with Gasteiger partial charge >= 0.3 is 6.09 Å². The molecule has 10 nitrogen and oxygen atoms in total. The Hall–Kier alpha value is -3.57. The molecular weight excluding hydrogens is 598 g/mol. The van der Waals surface area contributed by atoms with Crippen molar-refractivity contribution in [3.8, 4) is 11.6 Å². The van der Waals surface area contributed by atoms with Gasteiger partial charge in [-0.2, -0.15) is 0 Å². The summed E-state index contributed by atoms with van der Waals surface area (Å²) in [5.41, 5.74) is 0.262. The molecule has 3 fully saturated rings. The van der Waals surface area contributed by atoms with E-state index in [0.29, 0.717) is 42.5 Å². The van der Waals surface area contributed by atoms with Gasteiger partial charge in [0.25, 0.3) is 5.92 Å². The zero-order chi connectivity index (χ0) is 33.0. The van der Waals surface area contributed by atoms with E-state index in [9.17, 15) is 14.4 Å². The zero-order valence-electron chi connectivity index (χ0n) is 27.1. The Kier molecular flexibility index (Phi) is 8.60. The molecule has 1 aromatic carbocycles. The first-order chi connectivity index (χ1) is 21.9. The van der Waals surface area contributed by atoms with Gasteiger partial charge in [0, 0.05) is 17.9 Å². The van der Waals surface area contributed by atoms with Gasteiger partial charge in [-0.3, -0.25) is 4.79 Å². The van der Waals surface area contributed by atoms with Crippen molar-refractivity contribution >= 4 is 29.3 Å². The average Bonchev–Trinajstić information content (AvgIpc) is 3.30. The molecule has 0 radical (unpaired) electrons. The molecule has 1 N–H and O–H groups in total. The molecule has 1 saturated heterocycles. The molecule has 2 aliphatic carbocycles. The minimum absolute atomic E-state index is 0.0104. The van der Waals surface area contributed by atoms with Crippen molar-refractivity contribution in [3.05, 3.63) is 23.9 Å². The predicted molar refractivity (Wildman–Crippen MR) is 165 cm³/mol. The highest BCUT2D eigenvalue weighted by Crippen LogP contribution is 2.64. The van der Waals surface area contributed by atoms with Gasteiger partial charge in [0.05, 0.1) is 36.6 Å². The van der Waals surface area contributed by atoms with Crippen molar-refractivity contribution in [1.29, 1.82) is 0 Å². The summed E-state index contributed by atoms with van der Waals surface area (Å²) in [4.78, 5) is 50.8. The Bertz CT molecular complexity index is 1500. The van der Waals surface area contributed by atoms with E-state index in [-0.39, 0.29) is 36.6 Å². The quantitative estimate of drug-likeness (QED) is 0.426. The number of fused-ring (bicyclic) bond motifs is 7. The largest absolute Gasteiger partial charge is 0.497 e. The molecule has 2 aliphatic heterocycles. The average molecular weight is 643 g/mol. The summed E-state index contributed by atoms with van der Waals surface area (Å²) in [5, 5.41) is 2.81. The Morgan fingerprint density at radius 2 is 1.80 bits per heavy atom. The number of amides is 2. The predicted octanol–water partition coefficient (Wildman–Crippen LogP) is 5.66. The highest BCUT2D eigenvalue weighted by molar-refractivity contribution is 5.89. The number of aromatic nitrogens is 2. The van der Waals surface area contributed by atoms with Crippen LogP contribution in [-0.2, 0) is 14.3 Å². The molecule has 2 saturated carbocycles. The van der Waals surface area contributed by atoms with Crippen molar-refractivity contribution in [2.75, 3.05) is 13.7 Å². The lowest BCUT2D eigenvalue weighted by Crippen LogP contribution is -2.56. The minimum Gasteiger partial charge on any atom is -0.497 e. The minimum atomic E-state index is -2.99. The molecule has 2 aromatic rings. The van der Waals surface area contributed by atoms with Crippen LogP contribution in [0.3, 0.4) is 0 Å². The first-order valence-corrected chi connectivity index (χ1v) is 16.5. The first-order valence-electron chi connectivity index (χ1n) is 16.5. The Balaban J connectivity index is 1.43. The third kappa shape index (κ3) is 5.88. The van der Waals surface area contributed by atoms with Crippen molar-refractivity contribution in [1.82, 2.24) is 20.2 Å². The standard InChI is InChI=1S/C34H44F2N4O6/c1-6-20-24(17-41)40-16-26(20)45-30-28(37-22-14-13-19(44-5)15-23(22)38-30)27-21(34(27,35)36)11-7-9-18-10-8-12-25(18)46-32(43)39-29(31(40)42)33(2,3)4/h13-15,17-18,20-21,24-27,29H,6-12,16H2,1-5H3,(H,39,43)/t18-,20+,21?,24-,25-,26+,27?,29-/m1/s1. The number of alkyl carbamates (subject to hydrolysis) is 1. The highest BCUT2D eigenvalue weighted by atomic mass is 19.3. The van der Waals surface area contributed by atoms with Crippen molar-refractivity contribution < 1.29 is 37.4 Å². The van der Waals surface area contributed by atoms with Crippen molar-refractivity contribution in [3.63, 3.8) is 0 Å². The summed E-state index contributed by atoms with van der Waals surface area (Å²) in [7, 11) is 1.53. The van der Waals surface area contributed by atoms with Crippen LogP contribution in [0.1, 0.15) is 84.3 Å². The van der Waals surface area contributed by atoms with E-state index in [0.717, 1.165) is 19.1 Å². The normalized spacial score (nSPS) is 33.0. The molecule has 2 amide bonds. The lowest BCUT2D eigenvalue weighted by Gasteiger charge is -2.35. The fourth-order valence-electron chi connectivity index (χ4n) is 7.85. The van der Waals surface area contributed by atoms with E-state index >= 15 is 8.78 Å². The number of rotatable bonds is 3. The summed E-state index contributed by atoms with van der Waals surface area (Å²) >= 11 is 0. The molecule has 12 heteroatoms. The molecule has 1 aromatic heterocycles. The number of carbonyl (C=O) groups excluding carboxylic acids is 3. The fourth-order valence-corrected chi connectivity index (χ4v) is 7.85. The Labute approximate surface area is 267 Å². The number of alkyl halides is 2. The first kappa shape index (κ1) is 32.4. The van der Waals surface area contributed by atoms with Crippen LogP contribution in [0.5, 0.6) is 11.6 Å². The smallest absolute Gasteiger partial charge is 0.408 e. The molecular formula is C34H44F2N4O6. The summed E-state index contributed by atoms with van der Waals surface area (Å²) < 4.78 is 48.8. The zero-order valence-corrected chi connectivity index (χ0v) is 27.1. The molecule has 6 rings (SSSR count). The molecule has 2 bridgehead atoms. The van der Waals surface area contributed by atoms with Gasteiger partial charge in [0.15, 0.2) is 0 Å². The fraction of sp³-hybridized carbons (Fsp3) is 0.676. The van der Waals surface area contributed by atoms with Crippen LogP contribution in [0.25, 0.3) is 11.0 Å². The number of benzene rings is 1. The second-order valence-corrected chi connectivity index (χ2v) is 14.4. The summed E-state index contributed by atoms with van der Waals surface area (Å²) in [5.74, 6) is -5.39. The summed E-state index contributed by atoms with van der Waals surface area (Å²) in [6.45, 7) is 7.42. The third-order valence-electron chi connectivity index (χ3n) is 10.5. The molecule has 46 heavy (non-hydrogen) atoms. The van der Waals surface area contributed by atoms with Crippen LogP contribution in [0, 0.1) is 23.2 Å². The van der Waals surface area contributed by atoms with Gasteiger partial charge in [-0.1, -0.05) is 34.1 Å².